The van der Waals surface area contributed by atoms with Crippen molar-refractivity contribution in [3.8, 4) is 0 Å². The van der Waals surface area contributed by atoms with Crippen LogP contribution in [0.5, 0.6) is 0 Å². The van der Waals surface area contributed by atoms with Crippen molar-refractivity contribution in [1.29, 1.82) is 0 Å². The Morgan fingerprint density at radius 2 is 2.21 bits per heavy atom. The normalized spacial score (nSPS) is 34.7. The van der Waals surface area contributed by atoms with Gasteiger partial charge in [0.15, 0.2) is 0 Å². The van der Waals surface area contributed by atoms with Gasteiger partial charge in [-0.15, -0.1) is 0 Å². The Morgan fingerprint density at radius 3 is 2.79 bits per heavy atom. The second-order valence-electron chi connectivity index (χ2n) is 4.82. The van der Waals surface area contributed by atoms with E-state index in [1.807, 2.05) is 0 Å². The first-order valence-electron chi connectivity index (χ1n) is 5.87. The first-order chi connectivity index (χ1) is 6.64. The summed E-state index contributed by atoms with van der Waals surface area (Å²) in [5.41, 5.74) is 0.520. The van der Waals surface area contributed by atoms with Crippen molar-refractivity contribution < 1.29 is 4.74 Å². The molecule has 0 aromatic carbocycles. The maximum absolute atomic E-state index is 5.15. The zero-order chi connectivity index (χ0) is 10.6. The van der Waals surface area contributed by atoms with Crippen molar-refractivity contribution in [2.24, 2.45) is 5.41 Å². The molecule has 1 aliphatic rings. The number of rotatable bonds is 4. The van der Waals surface area contributed by atoms with E-state index in [1.54, 1.807) is 7.11 Å². The van der Waals surface area contributed by atoms with Crippen LogP contribution in [0, 0.1) is 5.41 Å². The summed E-state index contributed by atoms with van der Waals surface area (Å²) in [6.07, 6.45) is 4.02. The van der Waals surface area contributed by atoms with Crippen LogP contribution in [0.1, 0.15) is 40.0 Å². The molecule has 1 saturated heterocycles. The fraction of sp³-hybridized carbons (Fsp3) is 1.00. The average Bonchev–Trinajstić information content (AvgIpc) is 2.20. The molecule has 0 spiro atoms. The molecule has 0 N–H and O–H groups in total. The minimum Gasteiger partial charge on any atom is -0.383 e. The first kappa shape index (κ1) is 12.0. The van der Waals surface area contributed by atoms with Crippen molar-refractivity contribution in [1.82, 2.24) is 4.90 Å². The van der Waals surface area contributed by atoms with E-state index in [1.165, 1.54) is 25.8 Å². The standard InChI is InChI=1S/C12H25NO/c1-5-12(3)7-6-8-13(11(12)2)9-10-14-4/h11H,5-10H2,1-4H3/t11-,12?/m0/s1. The van der Waals surface area contributed by atoms with Crippen molar-refractivity contribution in [2.75, 3.05) is 26.8 Å². The van der Waals surface area contributed by atoms with Gasteiger partial charge in [0.25, 0.3) is 0 Å². The fourth-order valence-electron chi connectivity index (χ4n) is 2.52. The van der Waals surface area contributed by atoms with E-state index in [4.69, 9.17) is 4.74 Å². The summed E-state index contributed by atoms with van der Waals surface area (Å²) in [6, 6.07) is 0.705. The van der Waals surface area contributed by atoms with Crippen LogP contribution in [0.4, 0.5) is 0 Å². The summed E-state index contributed by atoms with van der Waals surface area (Å²) in [6.45, 7) is 10.3. The summed E-state index contributed by atoms with van der Waals surface area (Å²) in [4.78, 5) is 2.58. The molecular weight excluding hydrogens is 174 g/mol. The molecule has 1 heterocycles. The van der Waals surface area contributed by atoms with Crippen LogP contribution in [0.15, 0.2) is 0 Å². The first-order valence-corrected chi connectivity index (χ1v) is 5.87. The van der Waals surface area contributed by atoms with Gasteiger partial charge in [-0.3, -0.25) is 4.90 Å². The molecular formula is C12H25NO. The quantitative estimate of drug-likeness (QED) is 0.690. The highest BCUT2D eigenvalue weighted by Gasteiger charge is 2.36. The highest BCUT2D eigenvalue weighted by atomic mass is 16.5. The Bertz CT molecular complexity index is 172. The van der Waals surface area contributed by atoms with Gasteiger partial charge in [0.1, 0.15) is 0 Å². The number of hydrogen-bond donors (Lipinski definition) is 0. The highest BCUT2D eigenvalue weighted by molar-refractivity contribution is 4.89. The third kappa shape index (κ3) is 2.48. The van der Waals surface area contributed by atoms with Gasteiger partial charge in [0.05, 0.1) is 6.61 Å². The van der Waals surface area contributed by atoms with E-state index < -0.39 is 0 Å². The zero-order valence-electron chi connectivity index (χ0n) is 10.2. The van der Waals surface area contributed by atoms with E-state index >= 15 is 0 Å². The molecule has 1 rings (SSSR count). The van der Waals surface area contributed by atoms with Crippen LogP contribution in [-0.2, 0) is 4.74 Å². The van der Waals surface area contributed by atoms with Crippen molar-refractivity contribution in [2.45, 2.75) is 46.1 Å². The number of likely N-dealkylation sites (tertiary alicyclic amines) is 1. The van der Waals surface area contributed by atoms with Gasteiger partial charge in [0, 0.05) is 19.7 Å². The number of piperidine rings is 1. The van der Waals surface area contributed by atoms with Crippen LogP contribution in [0.3, 0.4) is 0 Å². The van der Waals surface area contributed by atoms with Gasteiger partial charge in [-0.05, 0) is 38.1 Å². The molecule has 0 amide bonds. The largest absolute Gasteiger partial charge is 0.383 e. The van der Waals surface area contributed by atoms with Gasteiger partial charge < -0.3 is 4.74 Å². The summed E-state index contributed by atoms with van der Waals surface area (Å²) >= 11 is 0. The van der Waals surface area contributed by atoms with Crippen molar-refractivity contribution in [3.05, 3.63) is 0 Å². The molecule has 2 atom stereocenters. The molecule has 0 aromatic rings. The van der Waals surface area contributed by atoms with E-state index in [0.717, 1.165) is 13.2 Å². The topological polar surface area (TPSA) is 12.5 Å². The van der Waals surface area contributed by atoms with E-state index in [0.29, 0.717) is 11.5 Å². The summed E-state index contributed by atoms with van der Waals surface area (Å²) in [5, 5.41) is 0. The molecule has 1 unspecified atom stereocenters. The molecule has 2 heteroatoms. The van der Waals surface area contributed by atoms with Crippen LogP contribution >= 0.6 is 0 Å². The molecule has 0 aromatic heterocycles. The van der Waals surface area contributed by atoms with Crippen molar-refractivity contribution in [3.63, 3.8) is 0 Å². The SMILES string of the molecule is CCC1(C)CCCN(CCOC)[C@H]1C. The lowest BCUT2D eigenvalue weighted by molar-refractivity contribution is 0.0173. The van der Waals surface area contributed by atoms with Crippen LogP contribution in [0.2, 0.25) is 0 Å². The number of hydrogen-bond acceptors (Lipinski definition) is 2. The summed E-state index contributed by atoms with van der Waals surface area (Å²) in [5.74, 6) is 0. The monoisotopic (exact) mass is 199 g/mol. The Labute approximate surface area is 88.6 Å². The Hall–Kier alpha value is -0.0800. The Morgan fingerprint density at radius 1 is 1.50 bits per heavy atom. The van der Waals surface area contributed by atoms with Gasteiger partial charge in [0.2, 0.25) is 0 Å². The van der Waals surface area contributed by atoms with E-state index in [-0.39, 0.29) is 0 Å². The lowest BCUT2D eigenvalue weighted by Crippen LogP contribution is -2.50. The van der Waals surface area contributed by atoms with Crippen molar-refractivity contribution >= 4 is 0 Å². The Kier molecular flexibility index (Phi) is 4.39. The lowest BCUT2D eigenvalue weighted by Gasteiger charge is -2.46. The molecule has 1 fully saturated rings. The third-order valence-corrected chi connectivity index (χ3v) is 4.14. The second kappa shape index (κ2) is 5.13. The molecule has 0 bridgehead atoms. The fourth-order valence-corrected chi connectivity index (χ4v) is 2.52. The molecule has 0 radical (unpaired) electrons. The zero-order valence-corrected chi connectivity index (χ0v) is 10.2. The minimum atomic E-state index is 0.520. The Balaban J connectivity index is 2.52. The van der Waals surface area contributed by atoms with E-state index in [2.05, 4.69) is 25.7 Å². The number of nitrogens with zero attached hydrogens (tertiary/aromatic N) is 1. The molecule has 0 aliphatic carbocycles. The highest BCUT2D eigenvalue weighted by Crippen LogP contribution is 2.37. The number of methoxy groups -OCH3 is 1. The van der Waals surface area contributed by atoms with Crippen LogP contribution < -0.4 is 0 Å². The average molecular weight is 199 g/mol. The maximum atomic E-state index is 5.15. The van der Waals surface area contributed by atoms with Gasteiger partial charge in [-0.25, -0.2) is 0 Å². The third-order valence-electron chi connectivity index (χ3n) is 4.14. The minimum absolute atomic E-state index is 0.520. The van der Waals surface area contributed by atoms with Gasteiger partial charge in [-0.2, -0.15) is 0 Å². The van der Waals surface area contributed by atoms with Crippen LogP contribution in [-0.4, -0.2) is 37.7 Å². The summed E-state index contributed by atoms with van der Waals surface area (Å²) in [7, 11) is 1.79. The molecule has 2 nitrogen and oxygen atoms in total. The smallest absolute Gasteiger partial charge is 0.0589 e. The van der Waals surface area contributed by atoms with Gasteiger partial charge >= 0.3 is 0 Å². The van der Waals surface area contributed by atoms with E-state index in [9.17, 15) is 0 Å². The summed E-state index contributed by atoms with van der Waals surface area (Å²) < 4.78 is 5.15. The molecule has 84 valence electrons. The second-order valence-corrected chi connectivity index (χ2v) is 4.82. The lowest BCUT2D eigenvalue weighted by atomic mass is 9.73. The molecule has 0 saturated carbocycles. The van der Waals surface area contributed by atoms with Crippen LogP contribution in [0.25, 0.3) is 0 Å². The number of ether oxygens (including phenoxy) is 1. The predicted octanol–water partition coefficient (Wildman–Crippen LogP) is 2.53. The molecule has 14 heavy (non-hydrogen) atoms. The van der Waals surface area contributed by atoms with Gasteiger partial charge in [-0.1, -0.05) is 13.8 Å². The predicted molar refractivity (Wildman–Crippen MR) is 60.5 cm³/mol. The molecule has 1 aliphatic heterocycles. The maximum Gasteiger partial charge on any atom is 0.0589 e.